The van der Waals surface area contributed by atoms with Gasteiger partial charge < -0.3 is 10.2 Å². The number of aromatic nitrogens is 2. The molecule has 2 rings (SSSR count). The molecular formula is C12H20N4O. The van der Waals surface area contributed by atoms with Gasteiger partial charge in [-0.25, -0.2) is 4.68 Å². The zero-order valence-corrected chi connectivity index (χ0v) is 10.5. The van der Waals surface area contributed by atoms with Crippen LogP contribution in [0, 0.1) is 0 Å². The number of likely N-dealkylation sites (N-methyl/N-ethyl adjacent to an activating group) is 1. The minimum Gasteiger partial charge on any atom is -0.370 e. The summed E-state index contributed by atoms with van der Waals surface area (Å²) in [6.45, 7) is 4.72. The summed E-state index contributed by atoms with van der Waals surface area (Å²) < 4.78 is 1.51. The normalized spacial score (nSPS) is 17.4. The lowest BCUT2D eigenvalue weighted by Gasteiger charge is -2.17. The summed E-state index contributed by atoms with van der Waals surface area (Å²) in [6, 6.07) is 1.94. The van der Waals surface area contributed by atoms with Gasteiger partial charge >= 0.3 is 0 Å². The van der Waals surface area contributed by atoms with Crippen molar-refractivity contribution in [3.8, 4) is 0 Å². The molecule has 0 amide bonds. The molecule has 0 bridgehead atoms. The third kappa shape index (κ3) is 2.85. The van der Waals surface area contributed by atoms with Crippen LogP contribution in [-0.2, 0) is 6.54 Å². The molecule has 0 saturated carbocycles. The van der Waals surface area contributed by atoms with E-state index in [0.29, 0.717) is 6.54 Å². The highest BCUT2D eigenvalue weighted by atomic mass is 16.1. The minimum atomic E-state index is -0.0171. The van der Waals surface area contributed by atoms with Crippen molar-refractivity contribution in [3.63, 3.8) is 0 Å². The predicted molar refractivity (Wildman–Crippen MR) is 68.5 cm³/mol. The van der Waals surface area contributed by atoms with E-state index in [1.807, 2.05) is 14.0 Å². The van der Waals surface area contributed by atoms with Crippen LogP contribution in [0.15, 0.2) is 17.1 Å². The highest BCUT2D eigenvalue weighted by Gasteiger charge is 2.13. The summed E-state index contributed by atoms with van der Waals surface area (Å²) in [4.78, 5) is 14.1. The fourth-order valence-corrected chi connectivity index (χ4v) is 2.06. The van der Waals surface area contributed by atoms with E-state index in [1.54, 1.807) is 12.3 Å². The van der Waals surface area contributed by atoms with Gasteiger partial charge in [-0.15, -0.1) is 0 Å². The Morgan fingerprint density at radius 2 is 2.18 bits per heavy atom. The highest BCUT2D eigenvalue weighted by molar-refractivity contribution is 5.43. The fraction of sp³-hybridized carbons (Fsp3) is 0.667. The molecular weight excluding hydrogens is 216 g/mol. The van der Waals surface area contributed by atoms with Gasteiger partial charge in [-0.2, -0.15) is 5.10 Å². The average Bonchev–Trinajstić information content (AvgIpc) is 2.85. The Morgan fingerprint density at radius 1 is 1.47 bits per heavy atom. The van der Waals surface area contributed by atoms with Crippen molar-refractivity contribution in [1.82, 2.24) is 15.1 Å². The van der Waals surface area contributed by atoms with E-state index < -0.39 is 0 Å². The van der Waals surface area contributed by atoms with E-state index in [-0.39, 0.29) is 11.6 Å². The standard InChI is InChI=1S/C12H20N4O/c1-10(13-2)9-16-12(17)7-11(8-14-16)15-5-3-4-6-15/h7-8,10,13H,3-6,9H2,1-2H3. The van der Waals surface area contributed by atoms with E-state index in [2.05, 4.69) is 15.3 Å². The third-order valence-electron chi connectivity index (χ3n) is 3.27. The van der Waals surface area contributed by atoms with Gasteiger partial charge in [0.15, 0.2) is 0 Å². The van der Waals surface area contributed by atoms with E-state index in [4.69, 9.17) is 0 Å². The molecule has 5 nitrogen and oxygen atoms in total. The molecule has 5 heteroatoms. The fourth-order valence-electron chi connectivity index (χ4n) is 2.06. The van der Waals surface area contributed by atoms with Crippen molar-refractivity contribution >= 4 is 5.69 Å². The second-order valence-corrected chi connectivity index (χ2v) is 4.62. The number of nitrogens with zero attached hydrogens (tertiary/aromatic N) is 3. The van der Waals surface area contributed by atoms with Gasteiger partial charge in [-0.3, -0.25) is 4.79 Å². The van der Waals surface area contributed by atoms with Crippen molar-refractivity contribution in [2.24, 2.45) is 0 Å². The Labute approximate surface area is 101 Å². The molecule has 0 radical (unpaired) electrons. The van der Waals surface area contributed by atoms with Crippen LogP contribution in [-0.4, -0.2) is 36.0 Å². The Hall–Kier alpha value is -1.36. The quantitative estimate of drug-likeness (QED) is 0.824. The number of hydrogen-bond acceptors (Lipinski definition) is 4. The van der Waals surface area contributed by atoms with Crippen molar-refractivity contribution in [2.45, 2.75) is 32.4 Å². The molecule has 0 aromatic carbocycles. The van der Waals surface area contributed by atoms with Crippen LogP contribution in [0.3, 0.4) is 0 Å². The molecule has 1 N–H and O–H groups in total. The van der Waals surface area contributed by atoms with Crippen molar-refractivity contribution in [3.05, 3.63) is 22.6 Å². The van der Waals surface area contributed by atoms with Gasteiger partial charge in [0.1, 0.15) is 0 Å². The van der Waals surface area contributed by atoms with Crippen LogP contribution in [0.2, 0.25) is 0 Å². The van der Waals surface area contributed by atoms with Crippen LogP contribution < -0.4 is 15.8 Å². The monoisotopic (exact) mass is 236 g/mol. The lowest BCUT2D eigenvalue weighted by Crippen LogP contribution is -2.34. The number of hydrogen-bond donors (Lipinski definition) is 1. The summed E-state index contributed by atoms with van der Waals surface area (Å²) in [6.07, 6.45) is 4.22. The Bertz CT molecular complexity index is 423. The SMILES string of the molecule is CNC(C)Cn1ncc(N2CCCC2)cc1=O. The van der Waals surface area contributed by atoms with Gasteiger partial charge in [-0.1, -0.05) is 0 Å². The van der Waals surface area contributed by atoms with Gasteiger partial charge in [0.2, 0.25) is 0 Å². The highest BCUT2D eigenvalue weighted by Crippen LogP contribution is 2.16. The predicted octanol–water partition coefficient (Wildman–Crippen LogP) is 0.451. The molecule has 1 saturated heterocycles. The zero-order valence-electron chi connectivity index (χ0n) is 10.5. The lowest BCUT2D eigenvalue weighted by atomic mass is 10.3. The molecule has 0 spiro atoms. The zero-order chi connectivity index (χ0) is 12.3. The molecule has 1 aliphatic heterocycles. The second kappa shape index (κ2) is 5.31. The number of rotatable bonds is 4. The first-order chi connectivity index (χ1) is 8.20. The largest absolute Gasteiger partial charge is 0.370 e. The lowest BCUT2D eigenvalue weighted by molar-refractivity contribution is 0.464. The van der Waals surface area contributed by atoms with Gasteiger partial charge in [0.05, 0.1) is 18.4 Å². The van der Waals surface area contributed by atoms with E-state index in [0.717, 1.165) is 18.8 Å². The van der Waals surface area contributed by atoms with Gasteiger partial charge in [0, 0.05) is 25.2 Å². The molecule has 1 fully saturated rings. The summed E-state index contributed by atoms with van der Waals surface area (Å²) in [5.74, 6) is 0. The Morgan fingerprint density at radius 3 is 2.76 bits per heavy atom. The first-order valence-electron chi connectivity index (χ1n) is 6.20. The number of nitrogens with one attached hydrogen (secondary N) is 1. The first kappa shape index (κ1) is 12.1. The minimum absolute atomic E-state index is 0.0171. The summed E-state index contributed by atoms with van der Waals surface area (Å²) in [5, 5.41) is 7.33. The second-order valence-electron chi connectivity index (χ2n) is 4.62. The van der Waals surface area contributed by atoms with Gasteiger partial charge in [-0.05, 0) is 26.8 Å². The summed E-state index contributed by atoms with van der Waals surface area (Å²) in [5.41, 5.74) is 0.942. The van der Waals surface area contributed by atoms with Crippen molar-refractivity contribution in [2.75, 3.05) is 25.0 Å². The molecule has 1 unspecified atom stereocenters. The molecule has 1 aromatic heterocycles. The van der Waals surface area contributed by atoms with E-state index in [1.165, 1.54) is 17.5 Å². The summed E-state index contributed by atoms with van der Waals surface area (Å²) >= 11 is 0. The molecule has 17 heavy (non-hydrogen) atoms. The van der Waals surface area contributed by atoms with Crippen molar-refractivity contribution in [1.29, 1.82) is 0 Å². The molecule has 1 aromatic rings. The Kier molecular flexibility index (Phi) is 3.78. The van der Waals surface area contributed by atoms with Crippen LogP contribution in [0.4, 0.5) is 5.69 Å². The van der Waals surface area contributed by atoms with Crippen molar-refractivity contribution < 1.29 is 0 Å². The van der Waals surface area contributed by atoms with Crippen LogP contribution in [0.5, 0.6) is 0 Å². The maximum atomic E-state index is 11.9. The molecule has 1 atom stereocenters. The number of anilines is 1. The Balaban J connectivity index is 2.13. The molecule has 0 aliphatic carbocycles. The molecule has 2 heterocycles. The first-order valence-corrected chi connectivity index (χ1v) is 6.20. The molecule has 1 aliphatic rings. The maximum Gasteiger partial charge on any atom is 0.268 e. The third-order valence-corrected chi connectivity index (χ3v) is 3.27. The smallest absolute Gasteiger partial charge is 0.268 e. The maximum absolute atomic E-state index is 11.9. The van der Waals surface area contributed by atoms with Crippen LogP contribution in [0.1, 0.15) is 19.8 Å². The van der Waals surface area contributed by atoms with Crippen LogP contribution in [0.25, 0.3) is 0 Å². The molecule has 94 valence electrons. The van der Waals surface area contributed by atoms with Gasteiger partial charge in [0.25, 0.3) is 5.56 Å². The average molecular weight is 236 g/mol. The van der Waals surface area contributed by atoms with E-state index >= 15 is 0 Å². The van der Waals surface area contributed by atoms with E-state index in [9.17, 15) is 4.79 Å². The summed E-state index contributed by atoms with van der Waals surface area (Å²) in [7, 11) is 1.88. The van der Waals surface area contributed by atoms with Crippen LogP contribution >= 0.6 is 0 Å². The topological polar surface area (TPSA) is 50.2 Å².